The molecule has 0 spiro atoms. The number of hydrogen-bond donors (Lipinski definition) is 1. The highest BCUT2D eigenvalue weighted by Gasteiger charge is 2.06. The predicted molar refractivity (Wildman–Crippen MR) is 87.2 cm³/mol. The molecule has 1 N–H and O–H groups in total. The summed E-state index contributed by atoms with van der Waals surface area (Å²) < 4.78 is 6.51. The SMILES string of the molecule is CCOCCCNC(=O)CCCn1nnc2ccccc2c1=O. The molecular weight excluding hydrogens is 296 g/mol. The first-order valence-electron chi connectivity index (χ1n) is 7.89. The molecule has 0 bridgehead atoms. The monoisotopic (exact) mass is 318 g/mol. The number of aryl methyl sites for hydroxylation is 1. The second-order valence-corrected chi connectivity index (χ2v) is 5.14. The van der Waals surface area contributed by atoms with Gasteiger partial charge in [0.15, 0.2) is 0 Å². The minimum absolute atomic E-state index is 0.0247. The van der Waals surface area contributed by atoms with Crippen LogP contribution >= 0.6 is 0 Å². The number of fused-ring (bicyclic) bond motifs is 1. The summed E-state index contributed by atoms with van der Waals surface area (Å²) in [6.07, 6.45) is 1.70. The van der Waals surface area contributed by atoms with Crippen molar-refractivity contribution in [1.82, 2.24) is 20.3 Å². The zero-order valence-electron chi connectivity index (χ0n) is 13.3. The smallest absolute Gasteiger partial charge is 0.277 e. The lowest BCUT2D eigenvalue weighted by Gasteiger charge is -2.06. The third-order valence-corrected chi connectivity index (χ3v) is 3.39. The lowest BCUT2D eigenvalue weighted by atomic mass is 10.2. The maximum absolute atomic E-state index is 12.2. The van der Waals surface area contributed by atoms with Crippen molar-refractivity contribution < 1.29 is 9.53 Å². The van der Waals surface area contributed by atoms with Gasteiger partial charge >= 0.3 is 0 Å². The van der Waals surface area contributed by atoms with Crippen LogP contribution in [0, 0.1) is 0 Å². The van der Waals surface area contributed by atoms with Gasteiger partial charge < -0.3 is 10.1 Å². The van der Waals surface area contributed by atoms with Gasteiger partial charge in [-0.1, -0.05) is 17.3 Å². The number of nitrogens with one attached hydrogen (secondary N) is 1. The first kappa shape index (κ1) is 17.1. The fourth-order valence-corrected chi connectivity index (χ4v) is 2.19. The average Bonchev–Trinajstić information content (AvgIpc) is 2.57. The van der Waals surface area contributed by atoms with Crippen LogP contribution in [0.1, 0.15) is 26.2 Å². The van der Waals surface area contributed by atoms with Crippen LogP contribution in [0.5, 0.6) is 0 Å². The van der Waals surface area contributed by atoms with E-state index in [0.717, 1.165) is 6.42 Å². The average molecular weight is 318 g/mol. The molecule has 0 fully saturated rings. The normalized spacial score (nSPS) is 10.8. The summed E-state index contributed by atoms with van der Waals surface area (Å²) in [7, 11) is 0. The molecule has 0 saturated carbocycles. The standard InChI is InChI=1S/C16H22N4O3/c1-2-23-12-6-10-17-15(21)9-5-11-20-16(22)13-7-3-4-8-14(13)18-19-20/h3-4,7-8H,2,5-6,9-12H2,1H3,(H,17,21). The van der Waals surface area contributed by atoms with Gasteiger partial charge in [-0.15, -0.1) is 5.10 Å². The number of carbonyl (C=O) groups is 1. The van der Waals surface area contributed by atoms with Crippen molar-refractivity contribution in [3.63, 3.8) is 0 Å². The van der Waals surface area contributed by atoms with E-state index in [9.17, 15) is 9.59 Å². The molecule has 0 aliphatic carbocycles. The van der Waals surface area contributed by atoms with Crippen LogP contribution in [0.3, 0.4) is 0 Å². The van der Waals surface area contributed by atoms with Gasteiger partial charge in [-0.05, 0) is 31.9 Å². The lowest BCUT2D eigenvalue weighted by Crippen LogP contribution is -2.27. The molecule has 2 aromatic rings. The Hall–Kier alpha value is -2.28. The van der Waals surface area contributed by atoms with Crippen LogP contribution in [-0.2, 0) is 16.1 Å². The molecule has 0 aliphatic heterocycles. The molecule has 0 atom stereocenters. The van der Waals surface area contributed by atoms with Gasteiger partial charge in [-0.3, -0.25) is 9.59 Å². The van der Waals surface area contributed by atoms with E-state index in [4.69, 9.17) is 4.74 Å². The van der Waals surface area contributed by atoms with Crippen LogP contribution in [0.4, 0.5) is 0 Å². The Balaban J connectivity index is 1.77. The van der Waals surface area contributed by atoms with Crippen molar-refractivity contribution in [1.29, 1.82) is 0 Å². The Kier molecular flexibility index (Phi) is 6.68. The number of rotatable bonds is 9. The molecule has 1 aromatic heterocycles. The highest BCUT2D eigenvalue weighted by atomic mass is 16.5. The summed E-state index contributed by atoms with van der Waals surface area (Å²) in [4.78, 5) is 23.9. The fraction of sp³-hybridized carbons (Fsp3) is 0.500. The first-order valence-corrected chi connectivity index (χ1v) is 7.89. The molecule has 0 unspecified atom stereocenters. The number of aromatic nitrogens is 3. The number of nitrogens with zero attached hydrogens (tertiary/aromatic N) is 3. The van der Waals surface area contributed by atoms with Gasteiger partial charge in [0.05, 0.1) is 5.39 Å². The van der Waals surface area contributed by atoms with Crippen LogP contribution < -0.4 is 10.9 Å². The zero-order chi connectivity index (χ0) is 16.5. The highest BCUT2D eigenvalue weighted by Crippen LogP contribution is 2.03. The maximum Gasteiger partial charge on any atom is 0.277 e. The summed E-state index contributed by atoms with van der Waals surface area (Å²) >= 11 is 0. The number of benzene rings is 1. The molecule has 7 nitrogen and oxygen atoms in total. The van der Waals surface area contributed by atoms with E-state index in [2.05, 4.69) is 15.6 Å². The Bertz CT molecular complexity index is 699. The van der Waals surface area contributed by atoms with Crippen molar-refractivity contribution in [2.75, 3.05) is 19.8 Å². The Morgan fingerprint density at radius 3 is 2.96 bits per heavy atom. The van der Waals surface area contributed by atoms with Crippen molar-refractivity contribution in [3.8, 4) is 0 Å². The van der Waals surface area contributed by atoms with Gasteiger partial charge in [0, 0.05) is 32.7 Å². The molecule has 1 heterocycles. The number of carbonyl (C=O) groups excluding carboxylic acids is 1. The molecule has 0 aliphatic rings. The topological polar surface area (TPSA) is 86.1 Å². The molecule has 23 heavy (non-hydrogen) atoms. The Morgan fingerprint density at radius 2 is 2.13 bits per heavy atom. The molecular formula is C16H22N4O3. The van der Waals surface area contributed by atoms with E-state index in [1.165, 1.54) is 4.68 Å². The minimum Gasteiger partial charge on any atom is -0.382 e. The minimum atomic E-state index is -0.173. The van der Waals surface area contributed by atoms with Gasteiger partial charge in [-0.2, -0.15) is 0 Å². The molecule has 2 rings (SSSR count). The molecule has 1 aromatic carbocycles. The van der Waals surface area contributed by atoms with Crippen molar-refractivity contribution in [2.45, 2.75) is 32.7 Å². The summed E-state index contributed by atoms with van der Waals surface area (Å²) in [5.74, 6) is -0.0247. The quantitative estimate of drug-likeness (QED) is 0.700. The van der Waals surface area contributed by atoms with Gasteiger partial charge in [0.25, 0.3) is 5.56 Å². The third kappa shape index (κ3) is 5.14. The van der Waals surface area contributed by atoms with Gasteiger partial charge in [-0.25, -0.2) is 4.68 Å². The van der Waals surface area contributed by atoms with Crippen molar-refractivity contribution >= 4 is 16.8 Å². The zero-order valence-corrected chi connectivity index (χ0v) is 13.3. The molecule has 7 heteroatoms. The third-order valence-electron chi connectivity index (χ3n) is 3.39. The number of hydrogen-bond acceptors (Lipinski definition) is 5. The molecule has 124 valence electrons. The summed E-state index contributed by atoms with van der Waals surface area (Å²) in [5, 5.41) is 11.3. The molecule has 0 radical (unpaired) electrons. The van der Waals surface area contributed by atoms with E-state index in [1.54, 1.807) is 18.2 Å². The summed E-state index contributed by atoms with van der Waals surface area (Å²) in [5.41, 5.74) is 0.411. The molecule has 0 saturated heterocycles. The predicted octanol–water partition coefficient (Wildman–Crippen LogP) is 1.11. The first-order chi connectivity index (χ1) is 11.2. The van der Waals surface area contributed by atoms with Gasteiger partial charge in [0.2, 0.25) is 5.91 Å². The summed E-state index contributed by atoms with van der Waals surface area (Å²) in [6.45, 7) is 4.27. The van der Waals surface area contributed by atoms with E-state index in [-0.39, 0.29) is 11.5 Å². The summed E-state index contributed by atoms with van der Waals surface area (Å²) in [6, 6.07) is 7.10. The van der Waals surface area contributed by atoms with E-state index < -0.39 is 0 Å². The van der Waals surface area contributed by atoms with E-state index >= 15 is 0 Å². The largest absolute Gasteiger partial charge is 0.382 e. The molecule has 1 amide bonds. The number of ether oxygens (including phenoxy) is 1. The van der Waals surface area contributed by atoms with Crippen molar-refractivity contribution in [2.24, 2.45) is 0 Å². The highest BCUT2D eigenvalue weighted by molar-refractivity contribution is 5.76. The maximum atomic E-state index is 12.2. The fourth-order valence-electron chi connectivity index (χ4n) is 2.19. The van der Waals surface area contributed by atoms with Crippen LogP contribution in [0.25, 0.3) is 10.9 Å². The van der Waals surface area contributed by atoms with Crippen LogP contribution in [0.2, 0.25) is 0 Å². The Morgan fingerprint density at radius 1 is 1.30 bits per heavy atom. The van der Waals surface area contributed by atoms with Crippen LogP contribution in [0.15, 0.2) is 29.1 Å². The van der Waals surface area contributed by atoms with E-state index in [0.29, 0.717) is 50.0 Å². The van der Waals surface area contributed by atoms with E-state index in [1.807, 2.05) is 13.0 Å². The lowest BCUT2D eigenvalue weighted by molar-refractivity contribution is -0.121. The second-order valence-electron chi connectivity index (χ2n) is 5.14. The Labute approximate surface area is 134 Å². The second kappa shape index (κ2) is 8.99. The van der Waals surface area contributed by atoms with Gasteiger partial charge in [0.1, 0.15) is 5.52 Å². The van der Waals surface area contributed by atoms with Crippen molar-refractivity contribution in [3.05, 3.63) is 34.6 Å². The number of amides is 1. The van der Waals surface area contributed by atoms with Crippen LogP contribution in [-0.4, -0.2) is 40.7 Å².